The van der Waals surface area contributed by atoms with E-state index in [0.717, 1.165) is 16.7 Å². The van der Waals surface area contributed by atoms with Crippen molar-refractivity contribution in [3.63, 3.8) is 0 Å². The molecule has 280 valence electrons. The number of alkyl carbamates (subject to hydrolysis) is 1. The van der Waals surface area contributed by atoms with Crippen molar-refractivity contribution in [3.8, 4) is 22.8 Å². The smallest absolute Gasteiger partial charge is 0.408 e. The number of carboxylic acids is 1. The minimum absolute atomic E-state index is 0.00645. The summed E-state index contributed by atoms with van der Waals surface area (Å²) in [5.74, 6) is -1.56. The number of benzene rings is 3. The molecule has 3 aromatic carbocycles. The van der Waals surface area contributed by atoms with Crippen molar-refractivity contribution < 1.29 is 38.5 Å². The molecule has 12 nitrogen and oxygen atoms in total. The van der Waals surface area contributed by atoms with Gasteiger partial charge in [-0.15, -0.1) is 0 Å². The van der Waals surface area contributed by atoms with Crippen molar-refractivity contribution in [1.82, 2.24) is 20.5 Å². The number of fused-ring (bicyclic) bond motifs is 5. The summed E-state index contributed by atoms with van der Waals surface area (Å²) >= 11 is 0. The molecule has 5 atom stereocenters. The maximum absolute atomic E-state index is 14.7. The Hall–Kier alpha value is -5.91. The highest BCUT2D eigenvalue weighted by atomic mass is 16.6. The van der Waals surface area contributed by atoms with E-state index >= 15 is 0 Å². The maximum Gasteiger partial charge on any atom is 0.408 e. The van der Waals surface area contributed by atoms with Crippen LogP contribution in [0.15, 0.2) is 91.0 Å². The molecule has 2 fully saturated rings. The van der Waals surface area contributed by atoms with Gasteiger partial charge in [0.1, 0.15) is 40.8 Å². The highest BCUT2D eigenvalue weighted by molar-refractivity contribution is 5.96. The zero-order valence-electron chi connectivity index (χ0n) is 30.7. The molecule has 12 heteroatoms. The summed E-state index contributed by atoms with van der Waals surface area (Å²) in [6.07, 6.45) is 3.25. The number of aromatic nitrogens is 1. The van der Waals surface area contributed by atoms with Gasteiger partial charge < -0.3 is 34.9 Å². The monoisotopic (exact) mass is 732 g/mol. The lowest BCUT2D eigenvalue weighted by Gasteiger charge is -2.30. The number of nitrogens with one attached hydrogen (secondary N) is 2. The highest BCUT2D eigenvalue weighted by Crippen LogP contribution is 2.45. The average Bonchev–Trinajstić information content (AvgIpc) is 3.67. The summed E-state index contributed by atoms with van der Waals surface area (Å²) in [5, 5.41) is 16.6. The summed E-state index contributed by atoms with van der Waals surface area (Å²) in [5.41, 5.74) is 1.60. The van der Waals surface area contributed by atoms with Crippen molar-refractivity contribution in [1.29, 1.82) is 0 Å². The lowest BCUT2D eigenvalue weighted by molar-refractivity contribution is -0.145. The van der Waals surface area contributed by atoms with Crippen molar-refractivity contribution in [2.75, 3.05) is 13.7 Å². The highest BCUT2D eigenvalue weighted by Gasteiger charge is 2.61. The number of nitrogens with zero attached hydrogens (tertiary/aromatic N) is 2. The minimum Gasteiger partial charge on any atom is -0.497 e. The van der Waals surface area contributed by atoms with E-state index < -0.39 is 59.1 Å². The molecule has 1 aromatic heterocycles. The second-order valence-corrected chi connectivity index (χ2v) is 15.2. The first kappa shape index (κ1) is 36.4. The predicted molar refractivity (Wildman–Crippen MR) is 201 cm³/mol. The molecule has 2 aliphatic heterocycles. The van der Waals surface area contributed by atoms with Gasteiger partial charge in [0.25, 0.3) is 0 Å². The van der Waals surface area contributed by atoms with Crippen LogP contribution in [0.2, 0.25) is 0 Å². The van der Waals surface area contributed by atoms with Crippen LogP contribution in [-0.4, -0.2) is 81.8 Å². The number of carbonyl (C=O) groups excluding carboxylic acids is 3. The van der Waals surface area contributed by atoms with E-state index in [2.05, 4.69) is 10.6 Å². The van der Waals surface area contributed by atoms with E-state index in [4.69, 9.17) is 19.2 Å². The van der Waals surface area contributed by atoms with Crippen LogP contribution < -0.4 is 20.1 Å². The van der Waals surface area contributed by atoms with E-state index in [0.29, 0.717) is 34.5 Å². The van der Waals surface area contributed by atoms with Crippen molar-refractivity contribution >= 4 is 34.8 Å². The zero-order valence-corrected chi connectivity index (χ0v) is 30.7. The van der Waals surface area contributed by atoms with Crippen LogP contribution in [-0.2, 0) is 32.0 Å². The molecule has 54 heavy (non-hydrogen) atoms. The molecule has 3 heterocycles. The lowest BCUT2D eigenvalue weighted by Crippen LogP contribution is -2.57. The fraction of sp³-hybridized carbons (Fsp3) is 0.357. The second kappa shape index (κ2) is 14.5. The number of carboxylic acid groups (broad SMARTS) is 1. The molecule has 3 N–H and O–H groups in total. The van der Waals surface area contributed by atoms with Crippen LogP contribution in [0.25, 0.3) is 22.2 Å². The molecule has 7 rings (SSSR count). The van der Waals surface area contributed by atoms with Crippen LogP contribution >= 0.6 is 0 Å². The standard InChI is InChI=1S/C42H44N4O8/c1-41(2,3)54-40(51)44-34-19-26-12-8-10-25(18-26)11-9-15-28-23-42(28,39(49)50)45-37(47)35-21-30(24-46(35)38(34)48)53-36-22-32(27-13-6-5-7-14-27)43-33-20-29(52-4)16-17-31(33)36/h5-10,12-18,20,22,28,30,34-35H,11,19,21,23-24H2,1-4H3,(H,44,51)(H,45,47)(H,49,50)/b15-9-/t28?,30-,34-,35+,42+/m1/s1. The van der Waals surface area contributed by atoms with Gasteiger partial charge in [0, 0.05) is 41.8 Å². The fourth-order valence-electron chi connectivity index (χ4n) is 7.32. The molecule has 4 aromatic rings. The van der Waals surface area contributed by atoms with E-state index in [-0.39, 0.29) is 25.8 Å². The van der Waals surface area contributed by atoms with E-state index in [1.807, 2.05) is 91.0 Å². The van der Waals surface area contributed by atoms with Crippen molar-refractivity contribution in [2.24, 2.45) is 5.92 Å². The Kier molecular flexibility index (Phi) is 9.78. The predicted octanol–water partition coefficient (Wildman–Crippen LogP) is 5.47. The number of allylic oxidation sites excluding steroid dienone is 1. The molecular formula is C42H44N4O8. The Morgan fingerprint density at radius 3 is 2.52 bits per heavy atom. The largest absolute Gasteiger partial charge is 0.497 e. The van der Waals surface area contributed by atoms with Crippen LogP contribution in [0, 0.1) is 5.92 Å². The quantitative estimate of drug-likeness (QED) is 0.219. The minimum atomic E-state index is -1.50. The van der Waals surface area contributed by atoms with Gasteiger partial charge in [0.05, 0.1) is 24.9 Å². The van der Waals surface area contributed by atoms with Gasteiger partial charge in [-0.1, -0.05) is 66.7 Å². The number of ether oxygens (including phenoxy) is 3. The summed E-state index contributed by atoms with van der Waals surface area (Å²) in [6, 6.07) is 22.4. The maximum atomic E-state index is 14.7. The lowest BCUT2D eigenvalue weighted by atomic mass is 10.0. The number of rotatable bonds is 6. The third-order valence-corrected chi connectivity index (χ3v) is 10.1. The van der Waals surface area contributed by atoms with Crippen LogP contribution in [0.3, 0.4) is 0 Å². The Balaban J connectivity index is 1.27. The summed E-state index contributed by atoms with van der Waals surface area (Å²) < 4.78 is 17.7. The number of methoxy groups -OCH3 is 1. The summed E-state index contributed by atoms with van der Waals surface area (Å²) in [6.45, 7) is 5.19. The van der Waals surface area contributed by atoms with E-state index in [1.165, 1.54) is 4.90 Å². The van der Waals surface area contributed by atoms with Gasteiger partial charge in [0.15, 0.2) is 0 Å². The Bertz CT molecular complexity index is 2130. The van der Waals surface area contributed by atoms with Gasteiger partial charge >= 0.3 is 12.1 Å². The Labute approximate surface area is 313 Å². The number of pyridine rings is 1. The molecule has 0 spiro atoms. The van der Waals surface area contributed by atoms with Gasteiger partial charge in [-0.3, -0.25) is 9.59 Å². The summed E-state index contributed by atoms with van der Waals surface area (Å²) in [4.78, 5) is 61.0. The Morgan fingerprint density at radius 1 is 1.00 bits per heavy atom. The average molecular weight is 733 g/mol. The molecule has 1 saturated carbocycles. The number of carbonyl (C=O) groups is 4. The molecule has 1 saturated heterocycles. The first-order chi connectivity index (χ1) is 25.8. The second-order valence-electron chi connectivity index (χ2n) is 15.2. The molecule has 2 bridgehead atoms. The molecule has 0 radical (unpaired) electrons. The molecule has 1 aliphatic carbocycles. The number of aliphatic carboxylic acids is 1. The van der Waals surface area contributed by atoms with Crippen LogP contribution in [0.5, 0.6) is 11.5 Å². The molecular weight excluding hydrogens is 688 g/mol. The van der Waals surface area contributed by atoms with Gasteiger partial charge in [-0.25, -0.2) is 14.6 Å². The normalized spacial score (nSPS) is 24.6. The molecule has 1 unspecified atom stereocenters. The molecule has 3 aliphatic rings. The first-order valence-electron chi connectivity index (χ1n) is 18.1. The topological polar surface area (TPSA) is 156 Å². The van der Waals surface area contributed by atoms with Crippen LogP contribution in [0.4, 0.5) is 4.79 Å². The van der Waals surface area contributed by atoms with E-state index in [9.17, 15) is 24.3 Å². The molecule has 3 amide bonds. The number of amides is 3. The zero-order chi connectivity index (χ0) is 38.2. The SMILES string of the molecule is COc1ccc2c(O[C@@H]3C[C@H]4C(=O)N[C@@]5(C(=O)O)CC5/C=C\Cc5cccc(c5)C[C@@H](NC(=O)OC(C)(C)C)C(=O)N4C3)cc(-c3ccccc3)nc2c1. The van der Waals surface area contributed by atoms with Gasteiger partial charge in [-0.05, 0) is 56.9 Å². The van der Waals surface area contributed by atoms with Crippen LogP contribution in [0.1, 0.15) is 44.7 Å². The summed E-state index contributed by atoms with van der Waals surface area (Å²) in [7, 11) is 1.58. The fourth-order valence-corrected chi connectivity index (χ4v) is 7.32. The van der Waals surface area contributed by atoms with Crippen molar-refractivity contribution in [2.45, 2.75) is 75.8 Å². The Morgan fingerprint density at radius 2 is 1.78 bits per heavy atom. The van der Waals surface area contributed by atoms with E-state index in [1.54, 1.807) is 27.9 Å². The first-order valence-corrected chi connectivity index (χ1v) is 18.1. The third kappa shape index (κ3) is 7.73. The number of hydrogen-bond acceptors (Lipinski definition) is 8. The van der Waals surface area contributed by atoms with Gasteiger partial charge in [0.2, 0.25) is 11.8 Å². The number of hydrogen-bond donors (Lipinski definition) is 3. The van der Waals surface area contributed by atoms with Gasteiger partial charge in [-0.2, -0.15) is 0 Å². The van der Waals surface area contributed by atoms with Crippen molar-refractivity contribution in [3.05, 3.63) is 102 Å². The third-order valence-electron chi connectivity index (χ3n) is 10.1.